The second kappa shape index (κ2) is 8.35. The summed E-state index contributed by atoms with van der Waals surface area (Å²) in [4.78, 5) is 12.0. The highest BCUT2D eigenvalue weighted by atomic mass is 19.3. The Bertz CT molecular complexity index is 929. The summed E-state index contributed by atoms with van der Waals surface area (Å²) in [5, 5.41) is 4.58. The second-order valence-corrected chi connectivity index (χ2v) is 5.61. The normalized spacial score (nSPS) is 10.7. The van der Waals surface area contributed by atoms with Crippen molar-refractivity contribution >= 4 is 22.4 Å². The summed E-state index contributed by atoms with van der Waals surface area (Å²) in [5.41, 5.74) is 0.452. The van der Waals surface area contributed by atoms with Gasteiger partial charge in [0.1, 0.15) is 17.2 Å². The number of amides is 1. The molecule has 0 aromatic heterocycles. The molecule has 3 aromatic carbocycles. The van der Waals surface area contributed by atoms with Crippen LogP contribution in [0.2, 0.25) is 0 Å². The molecule has 0 atom stereocenters. The van der Waals surface area contributed by atoms with Crippen molar-refractivity contribution in [2.75, 3.05) is 19.0 Å². The van der Waals surface area contributed by atoms with E-state index in [0.717, 1.165) is 16.5 Å². The summed E-state index contributed by atoms with van der Waals surface area (Å²) in [6.45, 7) is -3.08. The zero-order valence-corrected chi connectivity index (χ0v) is 14.4. The number of anilines is 1. The van der Waals surface area contributed by atoms with Gasteiger partial charge in [0, 0.05) is 5.69 Å². The quantitative estimate of drug-likeness (QED) is 0.664. The van der Waals surface area contributed by atoms with Crippen LogP contribution in [0.3, 0.4) is 0 Å². The number of rotatable bonds is 7. The molecule has 1 amide bonds. The van der Waals surface area contributed by atoms with E-state index in [1.54, 1.807) is 13.2 Å². The minimum absolute atomic E-state index is 0.0193. The fourth-order valence-corrected chi connectivity index (χ4v) is 2.49. The molecular formula is C20H17F2NO4. The van der Waals surface area contributed by atoms with Gasteiger partial charge in [0.25, 0.3) is 5.91 Å². The van der Waals surface area contributed by atoms with Crippen LogP contribution < -0.4 is 19.5 Å². The van der Waals surface area contributed by atoms with E-state index in [1.165, 1.54) is 24.3 Å². The average Bonchev–Trinajstić information content (AvgIpc) is 2.67. The van der Waals surface area contributed by atoms with Crippen molar-refractivity contribution < 1.29 is 27.8 Å². The number of halogens is 2. The maximum atomic E-state index is 12.1. The van der Waals surface area contributed by atoms with Crippen LogP contribution in [0.4, 0.5) is 14.5 Å². The molecule has 0 heterocycles. The Morgan fingerprint density at radius 2 is 1.56 bits per heavy atom. The highest BCUT2D eigenvalue weighted by Crippen LogP contribution is 2.25. The first kappa shape index (κ1) is 18.4. The standard InChI is InChI=1S/C20H17F2NO4/c1-25-17-6-2-13-3-7-18(11-14(13)10-17)26-12-19(24)23-15-4-8-16(9-5-15)27-20(21)22/h2-11,20H,12H2,1H3,(H,23,24). The number of ether oxygens (including phenoxy) is 3. The molecular weight excluding hydrogens is 356 g/mol. The van der Waals surface area contributed by atoms with Gasteiger partial charge in [-0.1, -0.05) is 12.1 Å². The van der Waals surface area contributed by atoms with Crippen molar-refractivity contribution in [1.82, 2.24) is 0 Å². The number of hydrogen-bond acceptors (Lipinski definition) is 4. The number of methoxy groups -OCH3 is 1. The minimum Gasteiger partial charge on any atom is -0.497 e. The van der Waals surface area contributed by atoms with E-state index in [2.05, 4.69) is 10.1 Å². The van der Waals surface area contributed by atoms with Crippen LogP contribution in [0.25, 0.3) is 10.8 Å². The maximum absolute atomic E-state index is 12.1. The summed E-state index contributed by atoms with van der Waals surface area (Å²) < 4.78 is 39.2. The Hall–Kier alpha value is -3.35. The van der Waals surface area contributed by atoms with E-state index in [-0.39, 0.29) is 18.3 Å². The van der Waals surface area contributed by atoms with Crippen LogP contribution in [-0.2, 0) is 4.79 Å². The monoisotopic (exact) mass is 373 g/mol. The lowest BCUT2D eigenvalue weighted by molar-refractivity contribution is -0.118. The number of fused-ring (bicyclic) bond motifs is 1. The summed E-state index contributed by atoms with van der Waals surface area (Å²) >= 11 is 0. The van der Waals surface area contributed by atoms with E-state index in [1.807, 2.05) is 30.3 Å². The van der Waals surface area contributed by atoms with E-state index < -0.39 is 6.61 Å². The number of nitrogens with one attached hydrogen (secondary N) is 1. The first-order valence-corrected chi connectivity index (χ1v) is 8.09. The fraction of sp³-hybridized carbons (Fsp3) is 0.150. The number of hydrogen-bond donors (Lipinski definition) is 1. The fourth-order valence-electron chi connectivity index (χ4n) is 2.49. The Morgan fingerprint density at radius 1 is 0.926 bits per heavy atom. The third kappa shape index (κ3) is 5.07. The van der Waals surface area contributed by atoms with E-state index in [9.17, 15) is 13.6 Å². The molecule has 0 saturated heterocycles. The van der Waals surface area contributed by atoms with Gasteiger partial charge in [0.2, 0.25) is 0 Å². The van der Waals surface area contributed by atoms with Gasteiger partial charge < -0.3 is 19.5 Å². The third-order valence-corrected chi connectivity index (χ3v) is 3.75. The molecule has 0 saturated carbocycles. The molecule has 0 unspecified atom stereocenters. The number of alkyl halides is 2. The highest BCUT2D eigenvalue weighted by molar-refractivity contribution is 5.92. The molecule has 1 N–H and O–H groups in total. The van der Waals surface area contributed by atoms with Gasteiger partial charge in [-0.25, -0.2) is 0 Å². The van der Waals surface area contributed by atoms with Gasteiger partial charge in [-0.2, -0.15) is 8.78 Å². The van der Waals surface area contributed by atoms with Crippen molar-refractivity contribution in [3.8, 4) is 17.2 Å². The maximum Gasteiger partial charge on any atom is 0.387 e. The molecule has 3 rings (SSSR count). The smallest absolute Gasteiger partial charge is 0.387 e. The van der Waals surface area contributed by atoms with Gasteiger partial charge in [0.15, 0.2) is 6.61 Å². The minimum atomic E-state index is -2.89. The molecule has 27 heavy (non-hydrogen) atoms. The second-order valence-electron chi connectivity index (χ2n) is 5.61. The van der Waals surface area contributed by atoms with Crippen LogP contribution in [0.15, 0.2) is 60.7 Å². The molecule has 0 fully saturated rings. The van der Waals surface area contributed by atoms with Crippen LogP contribution in [0.1, 0.15) is 0 Å². The van der Waals surface area contributed by atoms with E-state index >= 15 is 0 Å². The summed E-state index contributed by atoms with van der Waals surface area (Å²) in [5.74, 6) is 0.928. The SMILES string of the molecule is COc1ccc2ccc(OCC(=O)Nc3ccc(OC(F)F)cc3)cc2c1. The van der Waals surface area contributed by atoms with Crippen LogP contribution >= 0.6 is 0 Å². The van der Waals surface area contributed by atoms with Crippen molar-refractivity contribution in [2.24, 2.45) is 0 Å². The lowest BCUT2D eigenvalue weighted by Gasteiger charge is -2.10. The molecule has 0 bridgehead atoms. The number of carbonyl (C=O) groups excluding carboxylic acids is 1. The molecule has 0 aliphatic heterocycles. The first-order valence-electron chi connectivity index (χ1n) is 8.09. The van der Waals surface area contributed by atoms with E-state index in [4.69, 9.17) is 9.47 Å². The van der Waals surface area contributed by atoms with Crippen molar-refractivity contribution in [2.45, 2.75) is 6.61 Å². The molecule has 0 aliphatic carbocycles. The Labute approximate surface area is 154 Å². The van der Waals surface area contributed by atoms with Crippen LogP contribution in [-0.4, -0.2) is 26.2 Å². The molecule has 140 valence electrons. The van der Waals surface area contributed by atoms with Crippen molar-refractivity contribution in [3.05, 3.63) is 60.7 Å². The summed E-state index contributed by atoms with van der Waals surface area (Å²) in [7, 11) is 1.60. The Kier molecular flexibility index (Phi) is 5.71. The summed E-state index contributed by atoms with van der Waals surface area (Å²) in [6, 6.07) is 16.8. The van der Waals surface area contributed by atoms with Crippen LogP contribution in [0, 0.1) is 0 Å². The summed E-state index contributed by atoms with van der Waals surface area (Å²) in [6.07, 6.45) is 0. The lowest BCUT2D eigenvalue weighted by atomic mass is 10.1. The van der Waals surface area contributed by atoms with Gasteiger partial charge in [-0.05, 0) is 59.3 Å². The highest BCUT2D eigenvalue weighted by Gasteiger charge is 2.07. The Morgan fingerprint density at radius 3 is 2.22 bits per heavy atom. The van der Waals surface area contributed by atoms with E-state index in [0.29, 0.717) is 11.4 Å². The predicted molar refractivity (Wildman–Crippen MR) is 97.7 cm³/mol. The van der Waals surface area contributed by atoms with Gasteiger partial charge in [0.05, 0.1) is 7.11 Å². The lowest BCUT2D eigenvalue weighted by Crippen LogP contribution is -2.20. The first-order chi connectivity index (χ1) is 13.0. The zero-order valence-electron chi connectivity index (χ0n) is 14.4. The molecule has 7 heteroatoms. The average molecular weight is 373 g/mol. The van der Waals surface area contributed by atoms with Crippen molar-refractivity contribution in [3.63, 3.8) is 0 Å². The molecule has 0 aliphatic rings. The molecule has 0 radical (unpaired) electrons. The molecule has 0 spiro atoms. The number of carbonyl (C=O) groups is 1. The topological polar surface area (TPSA) is 56.8 Å². The van der Waals surface area contributed by atoms with Crippen LogP contribution in [0.5, 0.6) is 17.2 Å². The molecule has 5 nitrogen and oxygen atoms in total. The van der Waals surface area contributed by atoms with Gasteiger partial charge >= 0.3 is 6.61 Å². The van der Waals surface area contributed by atoms with Crippen molar-refractivity contribution in [1.29, 1.82) is 0 Å². The Balaban J connectivity index is 1.57. The largest absolute Gasteiger partial charge is 0.497 e. The third-order valence-electron chi connectivity index (χ3n) is 3.75. The van der Waals surface area contributed by atoms with Gasteiger partial charge in [-0.3, -0.25) is 4.79 Å². The van der Waals surface area contributed by atoms with Gasteiger partial charge in [-0.15, -0.1) is 0 Å². The molecule has 3 aromatic rings. The zero-order chi connectivity index (χ0) is 19.2. The predicted octanol–water partition coefficient (Wildman–Crippen LogP) is 4.47. The number of benzene rings is 3.